The van der Waals surface area contributed by atoms with Crippen LogP contribution in [0.15, 0.2) is 0 Å². The molecule has 0 aromatic heterocycles. The van der Waals surface area contributed by atoms with E-state index >= 15 is 0 Å². The fourth-order valence-electron chi connectivity index (χ4n) is 1.93. The standard InChI is InChI=1S/C9H17NO2.CH4/c1-10(6-2-3-7-10)8-4-5-9(11)12;/h2-8H2,1H3;1H4. The van der Waals surface area contributed by atoms with Crippen LogP contribution in [0.3, 0.4) is 0 Å². The average Bonchev–Trinajstić information content (AvgIpc) is 2.35. The molecule has 0 amide bonds. The zero-order valence-corrected chi connectivity index (χ0v) is 7.71. The highest BCUT2D eigenvalue weighted by atomic mass is 16.4. The zero-order valence-electron chi connectivity index (χ0n) is 7.71. The molecule has 0 unspecified atom stereocenters. The molecule has 1 fully saturated rings. The minimum Gasteiger partial charge on any atom is -0.550 e. The summed E-state index contributed by atoms with van der Waals surface area (Å²) in [5, 5.41) is 10.2. The predicted octanol–water partition coefficient (Wildman–Crippen LogP) is 0.393. The van der Waals surface area contributed by atoms with Crippen LogP contribution in [-0.4, -0.2) is 37.1 Å². The van der Waals surface area contributed by atoms with Gasteiger partial charge in [-0.1, -0.05) is 7.43 Å². The lowest BCUT2D eigenvalue weighted by Gasteiger charge is -2.29. The number of carbonyl (C=O) groups excluding carboxylic acids is 1. The fourth-order valence-corrected chi connectivity index (χ4v) is 1.93. The van der Waals surface area contributed by atoms with Gasteiger partial charge in [-0.2, -0.15) is 0 Å². The Morgan fingerprint density at radius 3 is 2.38 bits per heavy atom. The molecule has 0 saturated carbocycles. The summed E-state index contributed by atoms with van der Waals surface area (Å²) in [4.78, 5) is 10.2. The van der Waals surface area contributed by atoms with Crippen molar-refractivity contribution in [1.29, 1.82) is 0 Å². The van der Waals surface area contributed by atoms with Crippen molar-refractivity contribution in [2.45, 2.75) is 33.1 Å². The highest BCUT2D eigenvalue weighted by Gasteiger charge is 2.25. The van der Waals surface area contributed by atoms with Gasteiger partial charge in [0.25, 0.3) is 0 Å². The second-order valence-corrected chi connectivity index (χ2v) is 3.97. The number of hydrogen-bond acceptors (Lipinski definition) is 2. The molecule has 0 aromatic rings. The van der Waals surface area contributed by atoms with Gasteiger partial charge in [0, 0.05) is 25.2 Å². The number of hydrogen-bond donors (Lipinski definition) is 0. The van der Waals surface area contributed by atoms with Crippen molar-refractivity contribution in [3.63, 3.8) is 0 Å². The smallest absolute Gasteiger partial charge is 0.0788 e. The van der Waals surface area contributed by atoms with Gasteiger partial charge in [-0.3, -0.25) is 0 Å². The number of rotatable bonds is 4. The second kappa shape index (κ2) is 5.22. The third kappa shape index (κ3) is 4.27. The van der Waals surface area contributed by atoms with E-state index in [0.717, 1.165) is 17.4 Å². The number of carboxylic acids is 1. The maximum atomic E-state index is 10.2. The fraction of sp³-hybridized carbons (Fsp3) is 0.900. The summed E-state index contributed by atoms with van der Waals surface area (Å²) in [7, 11) is 2.21. The molecule has 3 nitrogen and oxygen atoms in total. The van der Waals surface area contributed by atoms with Crippen molar-refractivity contribution < 1.29 is 14.4 Å². The molecular formula is C10H21NO2. The number of nitrogens with zero attached hydrogens (tertiary/aromatic N) is 1. The number of aliphatic carboxylic acids is 1. The van der Waals surface area contributed by atoms with Crippen LogP contribution in [0.1, 0.15) is 33.1 Å². The van der Waals surface area contributed by atoms with Crippen LogP contribution in [0.25, 0.3) is 0 Å². The molecule has 3 heteroatoms. The maximum Gasteiger partial charge on any atom is 0.0788 e. The molecule has 0 radical (unpaired) electrons. The number of carbonyl (C=O) groups is 1. The SMILES string of the molecule is C.C[N+]1(CCCC(=O)[O-])CCCC1. The summed E-state index contributed by atoms with van der Waals surface area (Å²) in [6.07, 6.45) is 3.57. The molecule has 0 spiro atoms. The highest BCUT2D eigenvalue weighted by molar-refractivity contribution is 5.64. The van der Waals surface area contributed by atoms with Crippen LogP contribution in [0, 0.1) is 0 Å². The first-order chi connectivity index (χ1) is 5.62. The van der Waals surface area contributed by atoms with Crippen molar-refractivity contribution in [3.8, 4) is 0 Å². The summed E-state index contributed by atoms with van der Waals surface area (Å²) in [6, 6.07) is 0. The average molecular weight is 187 g/mol. The van der Waals surface area contributed by atoms with Gasteiger partial charge in [0.05, 0.1) is 26.7 Å². The van der Waals surface area contributed by atoms with Gasteiger partial charge in [-0.25, -0.2) is 0 Å². The Morgan fingerprint density at radius 2 is 1.92 bits per heavy atom. The molecule has 1 aliphatic rings. The minimum absolute atomic E-state index is 0. The van der Waals surface area contributed by atoms with E-state index in [2.05, 4.69) is 7.05 Å². The van der Waals surface area contributed by atoms with Crippen LogP contribution in [0.4, 0.5) is 0 Å². The Kier molecular flexibility index (Phi) is 4.99. The topological polar surface area (TPSA) is 40.1 Å². The van der Waals surface area contributed by atoms with E-state index in [4.69, 9.17) is 0 Å². The van der Waals surface area contributed by atoms with Crippen LogP contribution >= 0.6 is 0 Å². The predicted molar refractivity (Wildman–Crippen MR) is 51.0 cm³/mol. The van der Waals surface area contributed by atoms with Crippen molar-refractivity contribution in [3.05, 3.63) is 0 Å². The molecule has 1 heterocycles. The summed E-state index contributed by atoms with van der Waals surface area (Å²) in [6.45, 7) is 3.42. The normalized spacial score (nSPS) is 19.5. The third-order valence-corrected chi connectivity index (χ3v) is 2.72. The lowest BCUT2D eigenvalue weighted by molar-refractivity contribution is -0.897. The van der Waals surface area contributed by atoms with E-state index in [-0.39, 0.29) is 13.8 Å². The van der Waals surface area contributed by atoms with Gasteiger partial charge >= 0.3 is 0 Å². The van der Waals surface area contributed by atoms with E-state index < -0.39 is 5.97 Å². The molecule has 0 bridgehead atoms. The lowest BCUT2D eigenvalue weighted by atomic mass is 10.3. The molecule has 1 aliphatic heterocycles. The quantitative estimate of drug-likeness (QED) is 0.597. The number of carboxylic acid groups (broad SMARTS) is 1. The van der Waals surface area contributed by atoms with Gasteiger partial charge in [0.1, 0.15) is 0 Å². The maximum absolute atomic E-state index is 10.2. The van der Waals surface area contributed by atoms with Crippen LogP contribution < -0.4 is 5.11 Å². The first-order valence-electron chi connectivity index (χ1n) is 4.66. The molecule has 0 atom stereocenters. The van der Waals surface area contributed by atoms with Crippen LogP contribution in [-0.2, 0) is 4.79 Å². The first-order valence-corrected chi connectivity index (χ1v) is 4.66. The van der Waals surface area contributed by atoms with E-state index in [0.29, 0.717) is 0 Å². The zero-order chi connectivity index (χ0) is 9.03. The van der Waals surface area contributed by atoms with Crippen molar-refractivity contribution in [2.24, 2.45) is 0 Å². The molecular weight excluding hydrogens is 166 g/mol. The first kappa shape index (κ1) is 12.4. The molecule has 78 valence electrons. The Balaban J connectivity index is 0.00000144. The Hall–Kier alpha value is -0.570. The second-order valence-electron chi connectivity index (χ2n) is 3.97. The largest absolute Gasteiger partial charge is 0.550 e. The Morgan fingerprint density at radius 1 is 1.38 bits per heavy atom. The minimum atomic E-state index is -0.916. The monoisotopic (exact) mass is 187 g/mol. The van der Waals surface area contributed by atoms with E-state index in [1.165, 1.54) is 25.9 Å². The van der Waals surface area contributed by atoms with Gasteiger partial charge in [-0.15, -0.1) is 0 Å². The van der Waals surface area contributed by atoms with E-state index in [1.54, 1.807) is 0 Å². The van der Waals surface area contributed by atoms with Gasteiger partial charge in [0.2, 0.25) is 0 Å². The van der Waals surface area contributed by atoms with Gasteiger partial charge in [-0.05, 0) is 6.42 Å². The Labute approximate surface area is 80.9 Å². The highest BCUT2D eigenvalue weighted by Crippen LogP contribution is 2.16. The molecule has 0 N–H and O–H groups in total. The molecule has 1 saturated heterocycles. The summed E-state index contributed by atoms with van der Waals surface area (Å²) >= 11 is 0. The molecule has 0 aromatic carbocycles. The summed E-state index contributed by atoms with van der Waals surface area (Å²) < 4.78 is 1.06. The van der Waals surface area contributed by atoms with Crippen molar-refractivity contribution in [2.75, 3.05) is 26.7 Å². The van der Waals surface area contributed by atoms with Crippen molar-refractivity contribution in [1.82, 2.24) is 0 Å². The Bertz CT molecular complexity index is 162. The molecule has 1 rings (SSSR count). The van der Waals surface area contributed by atoms with Gasteiger partial charge in [0.15, 0.2) is 0 Å². The van der Waals surface area contributed by atoms with Gasteiger partial charge < -0.3 is 14.4 Å². The summed E-state index contributed by atoms with van der Waals surface area (Å²) in [5.74, 6) is -0.916. The molecule has 0 aliphatic carbocycles. The summed E-state index contributed by atoms with van der Waals surface area (Å²) in [5.41, 5.74) is 0. The van der Waals surface area contributed by atoms with E-state index in [1.807, 2.05) is 0 Å². The third-order valence-electron chi connectivity index (χ3n) is 2.72. The number of likely N-dealkylation sites (tertiary alicyclic amines) is 1. The lowest BCUT2D eigenvalue weighted by Crippen LogP contribution is -2.42. The van der Waals surface area contributed by atoms with Crippen LogP contribution in [0.5, 0.6) is 0 Å². The number of quaternary nitrogens is 1. The van der Waals surface area contributed by atoms with E-state index in [9.17, 15) is 9.90 Å². The molecule has 13 heavy (non-hydrogen) atoms. The van der Waals surface area contributed by atoms with Crippen molar-refractivity contribution >= 4 is 5.97 Å². The van der Waals surface area contributed by atoms with Crippen LogP contribution in [0.2, 0.25) is 0 Å².